The van der Waals surface area contributed by atoms with Crippen LogP contribution in [-0.2, 0) is 6.54 Å². The molecule has 0 radical (unpaired) electrons. The van der Waals surface area contributed by atoms with Crippen LogP contribution in [0.3, 0.4) is 0 Å². The highest BCUT2D eigenvalue weighted by molar-refractivity contribution is 7.23. The normalized spacial score (nSPS) is 14.2. The van der Waals surface area contributed by atoms with Crippen LogP contribution in [0.5, 0.6) is 5.75 Å². The molecule has 5 nitrogen and oxygen atoms in total. The standard InChI is InChI=1S/C25H25N3O2S2/c1-16-5-12-21(31-16)19-10-11-20(30-2)22-23(19)32-25(26-22)27-24(29)18-8-6-17(7-9-18)15-28-13-3-4-14-28/h5-12H,3-4,13-15H2,1-2H3,(H,26,27,29). The van der Waals surface area contributed by atoms with Crippen molar-refractivity contribution in [2.75, 3.05) is 25.5 Å². The van der Waals surface area contributed by atoms with Crippen molar-refractivity contribution in [1.82, 2.24) is 9.88 Å². The number of thiophene rings is 1. The average Bonchev–Trinajstić information content (AvgIpc) is 3.55. The summed E-state index contributed by atoms with van der Waals surface area (Å²) in [5, 5.41) is 3.56. The third-order valence-electron chi connectivity index (χ3n) is 5.77. The van der Waals surface area contributed by atoms with Gasteiger partial charge in [-0.05, 0) is 74.8 Å². The SMILES string of the molecule is COc1ccc(-c2ccc(C)s2)c2sc(NC(=O)c3ccc(CN4CCCC4)cc3)nc12. The molecular formula is C25H25N3O2S2. The zero-order valence-corrected chi connectivity index (χ0v) is 19.8. The second-order valence-corrected chi connectivity index (χ2v) is 10.3. The quantitative estimate of drug-likeness (QED) is 0.370. The lowest BCUT2D eigenvalue weighted by Gasteiger charge is -2.14. The number of aromatic nitrogens is 1. The van der Waals surface area contributed by atoms with Gasteiger partial charge in [0.15, 0.2) is 5.13 Å². The lowest BCUT2D eigenvalue weighted by Crippen LogP contribution is -2.18. The van der Waals surface area contributed by atoms with Crippen LogP contribution in [0.4, 0.5) is 5.13 Å². The fourth-order valence-corrected chi connectivity index (χ4v) is 6.07. The molecule has 2 aromatic carbocycles. The fourth-order valence-electron chi connectivity index (χ4n) is 4.10. The molecule has 0 unspecified atom stereocenters. The number of hydrogen-bond acceptors (Lipinski definition) is 6. The topological polar surface area (TPSA) is 54.5 Å². The number of carbonyl (C=O) groups is 1. The van der Waals surface area contributed by atoms with E-state index in [1.807, 2.05) is 30.3 Å². The molecule has 32 heavy (non-hydrogen) atoms. The molecule has 1 amide bonds. The minimum atomic E-state index is -0.149. The van der Waals surface area contributed by atoms with Gasteiger partial charge >= 0.3 is 0 Å². The van der Waals surface area contributed by atoms with Gasteiger partial charge in [-0.2, -0.15) is 0 Å². The summed E-state index contributed by atoms with van der Waals surface area (Å²) in [5.74, 6) is 0.560. The molecule has 0 saturated carbocycles. The van der Waals surface area contributed by atoms with Gasteiger partial charge in [0.2, 0.25) is 0 Å². The molecule has 1 N–H and O–H groups in total. The van der Waals surface area contributed by atoms with Gasteiger partial charge in [-0.3, -0.25) is 15.0 Å². The minimum Gasteiger partial charge on any atom is -0.494 e. The Morgan fingerprint density at radius 1 is 1.06 bits per heavy atom. The summed E-state index contributed by atoms with van der Waals surface area (Å²) in [7, 11) is 1.64. The molecule has 0 atom stereocenters. The lowest BCUT2D eigenvalue weighted by atomic mass is 10.1. The van der Waals surface area contributed by atoms with E-state index < -0.39 is 0 Å². The Labute approximate surface area is 195 Å². The van der Waals surface area contributed by atoms with Gasteiger partial charge in [-0.1, -0.05) is 23.5 Å². The van der Waals surface area contributed by atoms with Crippen LogP contribution in [0.1, 0.15) is 33.6 Å². The Kier molecular flexibility index (Phi) is 5.95. The first-order valence-electron chi connectivity index (χ1n) is 10.8. The number of likely N-dealkylation sites (tertiary alicyclic amines) is 1. The van der Waals surface area contributed by atoms with E-state index >= 15 is 0 Å². The highest BCUT2D eigenvalue weighted by Crippen LogP contribution is 2.41. The number of rotatable bonds is 6. The summed E-state index contributed by atoms with van der Waals surface area (Å²) in [6, 6.07) is 16.1. The molecule has 1 aliphatic heterocycles. The van der Waals surface area contributed by atoms with E-state index in [2.05, 4.69) is 40.3 Å². The van der Waals surface area contributed by atoms with Crippen LogP contribution >= 0.6 is 22.7 Å². The Morgan fingerprint density at radius 3 is 2.53 bits per heavy atom. The van der Waals surface area contributed by atoms with Gasteiger partial charge in [0.25, 0.3) is 5.91 Å². The van der Waals surface area contributed by atoms with E-state index in [0.717, 1.165) is 35.4 Å². The van der Waals surface area contributed by atoms with Crippen molar-refractivity contribution in [3.05, 3.63) is 64.5 Å². The summed E-state index contributed by atoms with van der Waals surface area (Å²) in [6.07, 6.45) is 2.56. The second kappa shape index (κ2) is 9.02. The number of amides is 1. The largest absolute Gasteiger partial charge is 0.494 e. The molecule has 0 aliphatic carbocycles. The van der Waals surface area contributed by atoms with Gasteiger partial charge < -0.3 is 4.74 Å². The highest BCUT2D eigenvalue weighted by atomic mass is 32.1. The zero-order valence-electron chi connectivity index (χ0n) is 18.2. The number of anilines is 1. The van der Waals surface area contributed by atoms with Crippen molar-refractivity contribution in [2.45, 2.75) is 26.3 Å². The van der Waals surface area contributed by atoms with Crippen molar-refractivity contribution in [3.8, 4) is 16.2 Å². The molecule has 3 heterocycles. The molecule has 7 heteroatoms. The summed E-state index contributed by atoms with van der Waals surface area (Å²) in [4.78, 5) is 22.5. The molecule has 4 aromatic rings. The molecule has 5 rings (SSSR count). The van der Waals surface area contributed by atoms with Crippen LogP contribution in [-0.4, -0.2) is 36.0 Å². The third kappa shape index (κ3) is 4.28. The molecule has 1 saturated heterocycles. The predicted molar refractivity (Wildman–Crippen MR) is 133 cm³/mol. The summed E-state index contributed by atoms with van der Waals surface area (Å²) < 4.78 is 6.54. The van der Waals surface area contributed by atoms with Crippen LogP contribution in [0.25, 0.3) is 20.7 Å². The van der Waals surface area contributed by atoms with Crippen LogP contribution in [0.15, 0.2) is 48.5 Å². The number of hydrogen-bond donors (Lipinski definition) is 1. The summed E-state index contributed by atoms with van der Waals surface area (Å²) >= 11 is 3.23. The zero-order chi connectivity index (χ0) is 22.1. The maximum atomic E-state index is 12.9. The minimum absolute atomic E-state index is 0.149. The first kappa shape index (κ1) is 21.1. The summed E-state index contributed by atoms with van der Waals surface area (Å²) in [6.45, 7) is 5.38. The van der Waals surface area contributed by atoms with E-state index in [4.69, 9.17) is 4.74 Å². The predicted octanol–water partition coefficient (Wildman–Crippen LogP) is 6.19. The van der Waals surface area contributed by atoms with E-state index in [-0.39, 0.29) is 5.91 Å². The van der Waals surface area contributed by atoms with E-state index in [1.165, 1.54) is 39.5 Å². The first-order valence-corrected chi connectivity index (χ1v) is 12.4. The Bertz CT molecular complexity index is 1250. The number of nitrogens with one attached hydrogen (secondary N) is 1. The van der Waals surface area contributed by atoms with Crippen LogP contribution in [0, 0.1) is 6.92 Å². The number of benzene rings is 2. The maximum Gasteiger partial charge on any atom is 0.257 e. The Morgan fingerprint density at radius 2 is 1.84 bits per heavy atom. The Balaban J connectivity index is 1.38. The molecule has 1 fully saturated rings. The van der Waals surface area contributed by atoms with Crippen molar-refractivity contribution >= 4 is 43.9 Å². The van der Waals surface area contributed by atoms with Crippen molar-refractivity contribution in [3.63, 3.8) is 0 Å². The third-order valence-corrected chi connectivity index (χ3v) is 7.81. The molecule has 164 valence electrons. The van der Waals surface area contributed by atoms with Crippen molar-refractivity contribution < 1.29 is 9.53 Å². The van der Waals surface area contributed by atoms with Crippen LogP contribution < -0.4 is 10.1 Å². The average molecular weight is 464 g/mol. The monoisotopic (exact) mass is 463 g/mol. The molecule has 0 spiro atoms. The number of thiazole rings is 1. The first-order chi connectivity index (χ1) is 15.6. The smallest absolute Gasteiger partial charge is 0.257 e. The molecular weight excluding hydrogens is 438 g/mol. The number of ether oxygens (including phenoxy) is 1. The lowest BCUT2D eigenvalue weighted by molar-refractivity contribution is 0.102. The van der Waals surface area contributed by atoms with Crippen molar-refractivity contribution in [2.24, 2.45) is 0 Å². The number of methoxy groups -OCH3 is 1. The van der Waals surface area contributed by atoms with Gasteiger partial charge in [0.1, 0.15) is 11.3 Å². The van der Waals surface area contributed by atoms with Crippen LogP contribution in [0.2, 0.25) is 0 Å². The van der Waals surface area contributed by atoms with E-state index in [1.54, 1.807) is 18.4 Å². The number of nitrogens with zero attached hydrogens (tertiary/aromatic N) is 2. The van der Waals surface area contributed by atoms with Gasteiger partial charge in [0, 0.05) is 27.4 Å². The number of aryl methyl sites for hydroxylation is 1. The van der Waals surface area contributed by atoms with E-state index in [9.17, 15) is 4.79 Å². The van der Waals surface area contributed by atoms with Crippen molar-refractivity contribution in [1.29, 1.82) is 0 Å². The molecule has 0 bridgehead atoms. The maximum absolute atomic E-state index is 12.9. The van der Waals surface area contributed by atoms with E-state index in [0.29, 0.717) is 16.4 Å². The van der Waals surface area contributed by atoms with Gasteiger partial charge in [0.05, 0.1) is 11.8 Å². The fraction of sp³-hybridized carbons (Fsp3) is 0.280. The Hall–Kier alpha value is -2.74. The number of carbonyl (C=O) groups excluding carboxylic acids is 1. The van der Waals surface area contributed by atoms with Gasteiger partial charge in [-0.25, -0.2) is 4.98 Å². The molecule has 1 aliphatic rings. The van der Waals surface area contributed by atoms with Gasteiger partial charge in [-0.15, -0.1) is 11.3 Å². The summed E-state index contributed by atoms with van der Waals surface area (Å²) in [5.41, 5.74) is 3.76. The second-order valence-electron chi connectivity index (χ2n) is 8.06. The molecule has 2 aromatic heterocycles. The highest BCUT2D eigenvalue weighted by Gasteiger charge is 2.17. The number of fused-ring (bicyclic) bond motifs is 1.